The molecule has 0 aliphatic carbocycles. The number of nitrogens with zero attached hydrogens (tertiary/aromatic N) is 2. The maximum Gasteiger partial charge on any atom is 0.305 e. The molecule has 17 heavy (non-hydrogen) atoms. The van der Waals surface area contributed by atoms with E-state index in [4.69, 9.17) is 9.52 Å². The molecule has 0 radical (unpaired) electrons. The number of carbonyl (C=O) groups is 2. The minimum Gasteiger partial charge on any atom is -0.481 e. The molecule has 0 aliphatic rings. The van der Waals surface area contributed by atoms with Crippen molar-refractivity contribution in [2.45, 2.75) is 27.2 Å². The van der Waals surface area contributed by atoms with E-state index in [0.717, 1.165) is 0 Å². The van der Waals surface area contributed by atoms with E-state index in [2.05, 4.69) is 4.98 Å². The third kappa shape index (κ3) is 3.30. The molecule has 0 atom stereocenters. The average Bonchev–Trinajstić information content (AvgIpc) is 2.58. The Kier molecular flexibility index (Phi) is 4.25. The Morgan fingerprint density at radius 2 is 2.06 bits per heavy atom. The molecular weight excluding hydrogens is 224 g/mol. The predicted octanol–water partition coefficient (Wildman–Crippen LogP) is 1.23. The highest BCUT2D eigenvalue weighted by Gasteiger charge is 2.21. The second kappa shape index (κ2) is 5.47. The van der Waals surface area contributed by atoms with Crippen molar-refractivity contribution in [3.8, 4) is 0 Å². The number of amides is 1. The number of aromatic nitrogens is 1. The first kappa shape index (κ1) is 13.2. The Morgan fingerprint density at radius 1 is 1.41 bits per heavy atom. The topological polar surface area (TPSA) is 83.6 Å². The molecule has 94 valence electrons. The minimum atomic E-state index is -0.929. The Labute approximate surface area is 99.2 Å². The van der Waals surface area contributed by atoms with Crippen LogP contribution in [0.5, 0.6) is 0 Å². The Hall–Kier alpha value is -1.85. The van der Waals surface area contributed by atoms with Crippen LogP contribution in [-0.4, -0.2) is 40.0 Å². The normalized spacial score (nSPS) is 10.3. The molecule has 0 saturated heterocycles. The third-order valence-corrected chi connectivity index (χ3v) is 2.36. The van der Waals surface area contributed by atoms with Gasteiger partial charge in [0.1, 0.15) is 0 Å². The van der Waals surface area contributed by atoms with Crippen LogP contribution in [0.3, 0.4) is 0 Å². The van der Waals surface area contributed by atoms with Gasteiger partial charge in [-0.2, -0.15) is 0 Å². The minimum absolute atomic E-state index is 0.0776. The maximum atomic E-state index is 12.0. The van der Waals surface area contributed by atoms with Crippen LogP contribution >= 0.6 is 0 Å². The van der Waals surface area contributed by atoms with E-state index in [9.17, 15) is 9.59 Å². The van der Waals surface area contributed by atoms with Crippen molar-refractivity contribution >= 4 is 11.9 Å². The van der Waals surface area contributed by atoms with E-state index in [1.165, 1.54) is 4.90 Å². The number of rotatable bonds is 5. The molecule has 1 rings (SSSR count). The summed E-state index contributed by atoms with van der Waals surface area (Å²) in [7, 11) is 0. The quantitative estimate of drug-likeness (QED) is 0.836. The molecule has 1 heterocycles. The molecule has 0 unspecified atom stereocenters. The highest BCUT2D eigenvalue weighted by atomic mass is 16.4. The van der Waals surface area contributed by atoms with E-state index in [0.29, 0.717) is 18.1 Å². The van der Waals surface area contributed by atoms with Crippen LogP contribution in [0.4, 0.5) is 0 Å². The molecule has 0 bridgehead atoms. The van der Waals surface area contributed by atoms with Crippen LogP contribution in [0.25, 0.3) is 0 Å². The summed E-state index contributed by atoms with van der Waals surface area (Å²) in [5.41, 5.74) is 0.529. The van der Waals surface area contributed by atoms with Gasteiger partial charge in [0.25, 0.3) is 5.91 Å². The fraction of sp³-hybridized carbons (Fsp3) is 0.545. The zero-order chi connectivity index (χ0) is 13.0. The molecule has 6 heteroatoms. The van der Waals surface area contributed by atoms with Gasteiger partial charge in [-0.1, -0.05) is 0 Å². The summed E-state index contributed by atoms with van der Waals surface area (Å²) in [4.78, 5) is 27.9. The highest BCUT2D eigenvalue weighted by molar-refractivity contribution is 5.92. The lowest BCUT2D eigenvalue weighted by molar-refractivity contribution is -0.137. The summed E-state index contributed by atoms with van der Waals surface area (Å²) in [6.07, 6.45) is -0.0776. The van der Waals surface area contributed by atoms with Crippen molar-refractivity contribution in [1.82, 2.24) is 9.88 Å². The summed E-state index contributed by atoms with van der Waals surface area (Å²) in [5, 5.41) is 8.60. The van der Waals surface area contributed by atoms with E-state index in [1.54, 1.807) is 20.8 Å². The van der Waals surface area contributed by atoms with Crippen molar-refractivity contribution in [2.75, 3.05) is 13.1 Å². The van der Waals surface area contributed by atoms with Gasteiger partial charge >= 0.3 is 5.97 Å². The van der Waals surface area contributed by atoms with Crippen LogP contribution in [0.2, 0.25) is 0 Å². The molecule has 1 N–H and O–H groups in total. The predicted molar refractivity (Wildman–Crippen MR) is 59.8 cm³/mol. The lowest BCUT2D eigenvalue weighted by Crippen LogP contribution is -2.33. The SMILES string of the molecule is CCN(CCC(=O)O)C(=O)c1oc(C)nc1C. The number of hydrogen-bond donors (Lipinski definition) is 1. The molecule has 1 amide bonds. The van der Waals surface area contributed by atoms with Crippen LogP contribution in [0, 0.1) is 13.8 Å². The zero-order valence-corrected chi connectivity index (χ0v) is 10.2. The molecule has 0 saturated carbocycles. The Morgan fingerprint density at radius 3 is 2.47 bits per heavy atom. The monoisotopic (exact) mass is 240 g/mol. The fourth-order valence-corrected chi connectivity index (χ4v) is 1.51. The number of carboxylic acids is 1. The van der Waals surface area contributed by atoms with Gasteiger partial charge in [0.05, 0.1) is 12.1 Å². The molecule has 0 aliphatic heterocycles. The molecule has 0 fully saturated rings. The van der Waals surface area contributed by atoms with Gasteiger partial charge in [-0.3, -0.25) is 9.59 Å². The Bertz CT molecular complexity index is 425. The van der Waals surface area contributed by atoms with Gasteiger partial charge in [0, 0.05) is 20.0 Å². The van der Waals surface area contributed by atoms with Crippen LogP contribution in [0.15, 0.2) is 4.42 Å². The number of aliphatic carboxylic acids is 1. The first-order valence-electron chi connectivity index (χ1n) is 5.40. The molecule has 1 aromatic heterocycles. The van der Waals surface area contributed by atoms with Gasteiger partial charge < -0.3 is 14.4 Å². The largest absolute Gasteiger partial charge is 0.481 e. The summed E-state index contributed by atoms with van der Waals surface area (Å²) in [6, 6.07) is 0. The fourth-order valence-electron chi connectivity index (χ4n) is 1.51. The molecule has 6 nitrogen and oxygen atoms in total. The van der Waals surface area contributed by atoms with Gasteiger partial charge in [-0.15, -0.1) is 0 Å². The highest BCUT2D eigenvalue weighted by Crippen LogP contribution is 2.12. The van der Waals surface area contributed by atoms with Crippen molar-refractivity contribution in [3.05, 3.63) is 17.3 Å². The lowest BCUT2D eigenvalue weighted by Gasteiger charge is -2.18. The van der Waals surface area contributed by atoms with Gasteiger partial charge in [0.15, 0.2) is 5.89 Å². The number of carbonyl (C=O) groups excluding carboxylic acids is 1. The van der Waals surface area contributed by atoms with E-state index >= 15 is 0 Å². The van der Waals surface area contributed by atoms with Gasteiger partial charge in [-0.25, -0.2) is 4.98 Å². The number of carboxylic acid groups (broad SMARTS) is 1. The number of oxazole rings is 1. The third-order valence-electron chi connectivity index (χ3n) is 2.36. The number of aryl methyl sites for hydroxylation is 2. The smallest absolute Gasteiger partial charge is 0.305 e. The molecule has 0 aromatic carbocycles. The van der Waals surface area contributed by atoms with Gasteiger partial charge in [-0.05, 0) is 13.8 Å². The van der Waals surface area contributed by atoms with E-state index in [-0.39, 0.29) is 24.6 Å². The standard InChI is InChI=1S/C11H16N2O4/c1-4-13(6-5-9(14)15)11(16)10-7(2)12-8(3)17-10/h4-6H2,1-3H3,(H,14,15). The first-order valence-corrected chi connectivity index (χ1v) is 5.40. The average molecular weight is 240 g/mol. The van der Waals surface area contributed by atoms with Gasteiger partial charge in [0.2, 0.25) is 5.76 Å². The summed E-state index contributed by atoms with van der Waals surface area (Å²) < 4.78 is 5.22. The summed E-state index contributed by atoms with van der Waals surface area (Å²) >= 11 is 0. The van der Waals surface area contributed by atoms with E-state index < -0.39 is 5.97 Å². The second-order valence-electron chi connectivity index (χ2n) is 3.68. The van der Waals surface area contributed by atoms with Crippen LogP contribution in [-0.2, 0) is 4.79 Å². The maximum absolute atomic E-state index is 12.0. The van der Waals surface area contributed by atoms with Crippen molar-refractivity contribution in [1.29, 1.82) is 0 Å². The van der Waals surface area contributed by atoms with Crippen molar-refractivity contribution in [2.24, 2.45) is 0 Å². The molecular formula is C11H16N2O4. The summed E-state index contributed by atoms with van der Waals surface area (Å²) in [6.45, 7) is 5.75. The molecule has 1 aromatic rings. The Balaban J connectivity index is 2.79. The summed E-state index contributed by atoms with van der Waals surface area (Å²) in [5.74, 6) is -0.622. The first-order chi connectivity index (χ1) is 7.95. The van der Waals surface area contributed by atoms with Crippen LogP contribution in [0.1, 0.15) is 35.5 Å². The van der Waals surface area contributed by atoms with E-state index in [1.807, 2.05) is 0 Å². The van der Waals surface area contributed by atoms with Crippen molar-refractivity contribution < 1.29 is 19.1 Å². The van der Waals surface area contributed by atoms with Crippen molar-refractivity contribution in [3.63, 3.8) is 0 Å². The molecule has 0 spiro atoms. The van der Waals surface area contributed by atoms with Crippen LogP contribution < -0.4 is 0 Å². The number of hydrogen-bond acceptors (Lipinski definition) is 4. The zero-order valence-electron chi connectivity index (χ0n) is 10.2. The second-order valence-corrected chi connectivity index (χ2v) is 3.68. The lowest BCUT2D eigenvalue weighted by atomic mass is 10.3.